The Hall–Kier alpha value is -2.08. The van der Waals surface area contributed by atoms with Crippen molar-refractivity contribution in [3.8, 4) is 5.75 Å². The Balaban J connectivity index is 1.81. The lowest BCUT2D eigenvalue weighted by molar-refractivity contribution is -0.139. The molecule has 1 fully saturated rings. The predicted octanol–water partition coefficient (Wildman–Crippen LogP) is 1.49. The summed E-state index contributed by atoms with van der Waals surface area (Å²) in [5, 5.41) is 12.0. The summed E-state index contributed by atoms with van der Waals surface area (Å²) in [6, 6.07) is 5.39. The largest absolute Gasteiger partial charge is 0.482 e. The number of imidazole rings is 1. The average Bonchev–Trinajstić information content (AvgIpc) is 2.89. The molecule has 2 heterocycles. The number of ether oxygens (including phenoxy) is 1. The summed E-state index contributed by atoms with van der Waals surface area (Å²) >= 11 is 0. The molecule has 2 aromatic rings. The lowest BCUT2D eigenvalue weighted by Gasteiger charge is -2.20. The van der Waals surface area contributed by atoms with Crippen LogP contribution in [0.25, 0.3) is 11.0 Å². The zero-order chi connectivity index (χ0) is 13.9. The summed E-state index contributed by atoms with van der Waals surface area (Å²) in [6.07, 6.45) is 2.30. The van der Waals surface area contributed by atoms with Crippen LogP contribution < -0.4 is 10.1 Å². The number of carboxylic acid groups (broad SMARTS) is 1. The SMILES string of the molecule is O=C(O)COc1ccc2nc(C3CCCNC3)[nH]c2c1. The van der Waals surface area contributed by atoms with Gasteiger partial charge in [-0.25, -0.2) is 9.78 Å². The molecule has 106 valence electrons. The molecular formula is C14H17N3O3. The fraction of sp³-hybridized carbons (Fsp3) is 0.429. The molecule has 0 radical (unpaired) electrons. The highest BCUT2D eigenvalue weighted by Gasteiger charge is 2.18. The number of nitrogens with zero attached hydrogens (tertiary/aromatic N) is 1. The number of rotatable bonds is 4. The molecule has 6 nitrogen and oxygen atoms in total. The Morgan fingerprint density at radius 3 is 3.15 bits per heavy atom. The predicted molar refractivity (Wildman–Crippen MR) is 74.1 cm³/mol. The number of H-pyrrole nitrogens is 1. The van der Waals surface area contributed by atoms with E-state index in [0.717, 1.165) is 42.8 Å². The van der Waals surface area contributed by atoms with Crippen molar-refractivity contribution >= 4 is 17.0 Å². The lowest BCUT2D eigenvalue weighted by atomic mass is 9.99. The number of piperidine rings is 1. The summed E-state index contributed by atoms with van der Waals surface area (Å²) in [6.45, 7) is 1.69. The van der Waals surface area contributed by atoms with E-state index < -0.39 is 5.97 Å². The summed E-state index contributed by atoms with van der Waals surface area (Å²) in [5.74, 6) is 0.961. The van der Waals surface area contributed by atoms with Crippen molar-refractivity contribution in [1.82, 2.24) is 15.3 Å². The van der Waals surface area contributed by atoms with E-state index in [0.29, 0.717) is 11.7 Å². The van der Waals surface area contributed by atoms with Gasteiger partial charge in [-0.1, -0.05) is 0 Å². The van der Waals surface area contributed by atoms with E-state index in [-0.39, 0.29) is 6.61 Å². The van der Waals surface area contributed by atoms with Crippen molar-refractivity contribution in [2.45, 2.75) is 18.8 Å². The van der Waals surface area contributed by atoms with Gasteiger partial charge in [0.05, 0.1) is 11.0 Å². The number of carbonyl (C=O) groups is 1. The van der Waals surface area contributed by atoms with Gasteiger partial charge >= 0.3 is 5.97 Å². The molecular weight excluding hydrogens is 258 g/mol. The van der Waals surface area contributed by atoms with Crippen molar-refractivity contribution in [2.24, 2.45) is 0 Å². The van der Waals surface area contributed by atoms with Crippen LogP contribution in [0.4, 0.5) is 0 Å². The number of carboxylic acids is 1. The molecule has 0 saturated carbocycles. The molecule has 1 aliphatic heterocycles. The first-order valence-electron chi connectivity index (χ1n) is 6.77. The Morgan fingerprint density at radius 1 is 1.50 bits per heavy atom. The van der Waals surface area contributed by atoms with Gasteiger partial charge in [0.25, 0.3) is 0 Å². The monoisotopic (exact) mass is 275 g/mol. The van der Waals surface area contributed by atoms with Gasteiger partial charge in [0, 0.05) is 18.5 Å². The molecule has 1 aliphatic rings. The molecule has 3 N–H and O–H groups in total. The van der Waals surface area contributed by atoms with Gasteiger partial charge in [0.15, 0.2) is 6.61 Å². The summed E-state index contributed by atoms with van der Waals surface area (Å²) in [7, 11) is 0. The first-order valence-corrected chi connectivity index (χ1v) is 6.77. The number of hydrogen-bond acceptors (Lipinski definition) is 4. The van der Waals surface area contributed by atoms with Gasteiger partial charge in [0.1, 0.15) is 11.6 Å². The minimum absolute atomic E-state index is 0.334. The smallest absolute Gasteiger partial charge is 0.341 e. The van der Waals surface area contributed by atoms with Gasteiger partial charge in [-0.2, -0.15) is 0 Å². The van der Waals surface area contributed by atoms with Crippen LogP contribution in [-0.2, 0) is 4.79 Å². The van der Waals surface area contributed by atoms with Crippen LogP contribution >= 0.6 is 0 Å². The second kappa shape index (κ2) is 5.50. The van der Waals surface area contributed by atoms with Crippen molar-refractivity contribution in [3.63, 3.8) is 0 Å². The number of fused-ring (bicyclic) bond motifs is 1. The van der Waals surface area contributed by atoms with E-state index in [1.807, 2.05) is 6.07 Å². The van der Waals surface area contributed by atoms with Crippen LogP contribution in [0.15, 0.2) is 18.2 Å². The van der Waals surface area contributed by atoms with Crippen molar-refractivity contribution in [3.05, 3.63) is 24.0 Å². The van der Waals surface area contributed by atoms with E-state index >= 15 is 0 Å². The second-order valence-corrected chi connectivity index (χ2v) is 5.03. The molecule has 1 aromatic carbocycles. The first kappa shape index (κ1) is 12.9. The van der Waals surface area contributed by atoms with Gasteiger partial charge in [-0.05, 0) is 31.5 Å². The zero-order valence-corrected chi connectivity index (χ0v) is 11.1. The van der Waals surface area contributed by atoms with Crippen LogP contribution in [0.2, 0.25) is 0 Å². The first-order chi connectivity index (χ1) is 9.72. The normalized spacial score (nSPS) is 19.1. The van der Waals surface area contributed by atoms with E-state index in [1.165, 1.54) is 0 Å². The van der Waals surface area contributed by atoms with Crippen LogP contribution in [0.5, 0.6) is 5.75 Å². The van der Waals surface area contributed by atoms with Crippen LogP contribution in [0.3, 0.4) is 0 Å². The Bertz CT molecular complexity index is 617. The maximum absolute atomic E-state index is 10.5. The fourth-order valence-corrected chi connectivity index (χ4v) is 2.52. The maximum atomic E-state index is 10.5. The molecule has 20 heavy (non-hydrogen) atoms. The molecule has 3 rings (SSSR count). The molecule has 0 bridgehead atoms. The fourth-order valence-electron chi connectivity index (χ4n) is 2.52. The third-order valence-corrected chi connectivity index (χ3v) is 3.52. The Labute approximate surface area is 116 Å². The van der Waals surface area contributed by atoms with Crippen molar-refractivity contribution in [2.75, 3.05) is 19.7 Å². The van der Waals surface area contributed by atoms with Crippen molar-refractivity contribution < 1.29 is 14.6 Å². The number of hydrogen-bond donors (Lipinski definition) is 3. The molecule has 0 spiro atoms. The third kappa shape index (κ3) is 2.75. The average molecular weight is 275 g/mol. The number of benzene rings is 1. The Morgan fingerprint density at radius 2 is 2.40 bits per heavy atom. The van der Waals surface area contributed by atoms with Crippen LogP contribution in [0.1, 0.15) is 24.6 Å². The molecule has 0 aliphatic carbocycles. The maximum Gasteiger partial charge on any atom is 0.341 e. The molecule has 1 saturated heterocycles. The number of aliphatic carboxylic acids is 1. The van der Waals surface area contributed by atoms with E-state index in [4.69, 9.17) is 9.84 Å². The Kier molecular flexibility index (Phi) is 3.56. The minimum atomic E-state index is -0.983. The van der Waals surface area contributed by atoms with Crippen LogP contribution in [0, 0.1) is 0 Å². The second-order valence-electron chi connectivity index (χ2n) is 5.03. The standard InChI is InChI=1S/C14H17N3O3/c18-13(19)8-20-10-3-4-11-12(6-10)17-14(16-11)9-2-1-5-15-7-9/h3-4,6,9,15H,1-2,5,7-8H2,(H,16,17)(H,18,19). The highest BCUT2D eigenvalue weighted by atomic mass is 16.5. The molecule has 1 unspecified atom stereocenters. The van der Waals surface area contributed by atoms with Gasteiger partial charge in [0.2, 0.25) is 0 Å². The van der Waals surface area contributed by atoms with Gasteiger partial charge in [-0.3, -0.25) is 0 Å². The zero-order valence-electron chi connectivity index (χ0n) is 11.1. The summed E-state index contributed by atoms with van der Waals surface area (Å²) in [4.78, 5) is 18.4. The topological polar surface area (TPSA) is 87.2 Å². The quantitative estimate of drug-likeness (QED) is 0.787. The highest BCUT2D eigenvalue weighted by molar-refractivity contribution is 5.77. The number of aromatic amines is 1. The van der Waals surface area contributed by atoms with E-state index in [2.05, 4.69) is 15.3 Å². The molecule has 1 atom stereocenters. The minimum Gasteiger partial charge on any atom is -0.482 e. The highest BCUT2D eigenvalue weighted by Crippen LogP contribution is 2.25. The molecule has 6 heteroatoms. The van der Waals surface area contributed by atoms with E-state index in [9.17, 15) is 4.79 Å². The van der Waals surface area contributed by atoms with Crippen molar-refractivity contribution in [1.29, 1.82) is 0 Å². The molecule has 0 amide bonds. The summed E-state index contributed by atoms with van der Waals surface area (Å²) < 4.78 is 5.17. The molecule has 1 aromatic heterocycles. The lowest BCUT2D eigenvalue weighted by Crippen LogP contribution is -2.28. The summed E-state index contributed by atoms with van der Waals surface area (Å²) in [5.41, 5.74) is 1.77. The van der Waals surface area contributed by atoms with E-state index in [1.54, 1.807) is 12.1 Å². The van der Waals surface area contributed by atoms with Gasteiger partial charge in [-0.15, -0.1) is 0 Å². The van der Waals surface area contributed by atoms with Gasteiger partial charge < -0.3 is 20.1 Å². The van der Waals surface area contributed by atoms with Crippen LogP contribution in [-0.4, -0.2) is 40.7 Å². The third-order valence-electron chi connectivity index (χ3n) is 3.52. The number of nitrogens with one attached hydrogen (secondary N) is 2. The number of aromatic nitrogens is 2.